The predicted octanol–water partition coefficient (Wildman–Crippen LogP) is 0.641. The number of nitrogens with two attached hydrogens (primary N) is 1. The number of carboxylic acid groups (broad SMARTS) is 1. The summed E-state index contributed by atoms with van der Waals surface area (Å²) in [6.45, 7) is 3.27. The third-order valence-corrected chi connectivity index (χ3v) is 6.20. The number of rotatable bonds is 4. The molecule has 1 aliphatic heterocycles. The van der Waals surface area contributed by atoms with Crippen molar-refractivity contribution < 1.29 is 23.1 Å². The number of amides is 1. The number of hydrogen-bond donors (Lipinski definition) is 3. The number of aliphatic carboxylic acids is 1. The average molecular weight is 358 g/mol. The van der Waals surface area contributed by atoms with Gasteiger partial charge in [-0.2, -0.15) is 11.8 Å². The van der Waals surface area contributed by atoms with Crippen LogP contribution < -0.4 is 10.5 Å². The summed E-state index contributed by atoms with van der Waals surface area (Å²) in [5, 5.41) is 17.1. The number of carbonyl (C=O) groups excluding carboxylic acids is 1. The normalized spacial score (nSPS) is 21.2. The first-order valence-electron chi connectivity index (χ1n) is 6.84. The molecule has 23 heavy (non-hydrogen) atoms. The lowest BCUT2D eigenvalue weighted by Gasteiger charge is -2.25. The molecule has 1 unspecified atom stereocenters. The van der Waals surface area contributed by atoms with Gasteiger partial charge in [-0.3, -0.25) is 4.79 Å². The summed E-state index contributed by atoms with van der Waals surface area (Å²) in [4.78, 5) is 23.8. The molecule has 1 saturated heterocycles. The Labute approximate surface area is 138 Å². The lowest BCUT2D eigenvalue weighted by molar-refractivity contribution is -0.143. The summed E-state index contributed by atoms with van der Waals surface area (Å²) in [7, 11) is -3.97. The number of sulfonamides is 1. The van der Waals surface area contributed by atoms with Crippen LogP contribution in [0.3, 0.4) is 0 Å². The number of hydrogen-bond acceptors (Lipinski definition) is 5. The van der Waals surface area contributed by atoms with Gasteiger partial charge < -0.3 is 10.4 Å². The van der Waals surface area contributed by atoms with E-state index in [9.17, 15) is 23.1 Å². The minimum atomic E-state index is -3.97. The molecule has 1 heterocycles. The van der Waals surface area contributed by atoms with E-state index in [-0.39, 0.29) is 16.2 Å². The topological polar surface area (TPSA) is 127 Å². The Morgan fingerprint density at radius 3 is 2.48 bits per heavy atom. The van der Waals surface area contributed by atoms with E-state index in [0.29, 0.717) is 23.3 Å². The monoisotopic (exact) mass is 358 g/mol. The van der Waals surface area contributed by atoms with E-state index in [4.69, 9.17) is 5.14 Å². The molecule has 1 aromatic rings. The van der Waals surface area contributed by atoms with E-state index in [1.54, 1.807) is 13.8 Å². The molecule has 0 spiro atoms. The minimum Gasteiger partial charge on any atom is -0.479 e. The quantitative estimate of drug-likeness (QED) is 0.725. The lowest BCUT2D eigenvalue weighted by atomic mass is 9.98. The molecule has 1 fully saturated rings. The molecule has 1 amide bonds. The molecule has 126 valence electrons. The van der Waals surface area contributed by atoms with Gasteiger partial charge in [0.25, 0.3) is 5.91 Å². The van der Waals surface area contributed by atoms with Crippen LogP contribution >= 0.6 is 11.8 Å². The first-order valence-corrected chi connectivity index (χ1v) is 9.55. The van der Waals surface area contributed by atoms with Crippen LogP contribution in [0.2, 0.25) is 0 Å². The van der Waals surface area contributed by atoms with Crippen LogP contribution in [0.1, 0.15) is 27.9 Å². The third-order valence-electron chi connectivity index (χ3n) is 3.97. The Bertz CT molecular complexity index is 768. The zero-order valence-corrected chi connectivity index (χ0v) is 14.4. The van der Waals surface area contributed by atoms with Gasteiger partial charge in [-0.1, -0.05) is 0 Å². The molecule has 2 rings (SSSR count). The first kappa shape index (κ1) is 17.8. The highest BCUT2D eigenvalue weighted by Gasteiger charge is 2.43. The highest BCUT2D eigenvalue weighted by Crippen LogP contribution is 2.29. The Kier molecular flexibility index (Phi) is 4.74. The largest absolute Gasteiger partial charge is 0.479 e. The molecule has 1 aromatic carbocycles. The molecule has 7 nitrogen and oxygen atoms in total. The van der Waals surface area contributed by atoms with Gasteiger partial charge in [0.2, 0.25) is 10.0 Å². The molecule has 0 saturated carbocycles. The summed E-state index contributed by atoms with van der Waals surface area (Å²) in [5.41, 5.74) is -0.183. The van der Waals surface area contributed by atoms with E-state index < -0.39 is 27.4 Å². The van der Waals surface area contributed by atoms with Crippen LogP contribution in [-0.2, 0) is 14.8 Å². The number of nitrogens with one attached hydrogen (secondary N) is 1. The lowest BCUT2D eigenvalue weighted by Crippen LogP contribution is -2.54. The van der Waals surface area contributed by atoms with Gasteiger partial charge in [0.15, 0.2) is 0 Å². The van der Waals surface area contributed by atoms with Crippen molar-refractivity contribution in [3.05, 3.63) is 28.8 Å². The average Bonchev–Trinajstić information content (AvgIpc) is 2.90. The fraction of sp³-hybridized carbons (Fsp3) is 0.429. The number of benzene rings is 1. The Hall–Kier alpha value is -1.58. The molecular formula is C14H18N2O5S2. The number of carbonyl (C=O) groups is 2. The number of aryl methyl sites for hydroxylation is 1. The fourth-order valence-electron chi connectivity index (χ4n) is 2.43. The highest BCUT2D eigenvalue weighted by atomic mass is 32.2. The van der Waals surface area contributed by atoms with Gasteiger partial charge >= 0.3 is 5.97 Å². The number of carboxylic acids is 1. The predicted molar refractivity (Wildman–Crippen MR) is 87.1 cm³/mol. The molecule has 0 aliphatic carbocycles. The van der Waals surface area contributed by atoms with Crippen LogP contribution in [0.15, 0.2) is 17.0 Å². The van der Waals surface area contributed by atoms with E-state index in [0.717, 1.165) is 0 Å². The van der Waals surface area contributed by atoms with E-state index in [2.05, 4.69) is 5.32 Å². The maximum absolute atomic E-state index is 12.4. The standard InChI is InChI=1S/C14H18N2O5S2/c1-8-5-10(6-11(9(8)2)23(15,20)21)12(17)16-14(13(18)19)3-4-22-7-14/h5-6H,3-4,7H2,1-2H3,(H,16,17)(H,18,19)(H2,15,20,21). The van der Waals surface area contributed by atoms with Crippen molar-refractivity contribution in [2.75, 3.05) is 11.5 Å². The molecule has 1 aliphatic rings. The summed E-state index contributed by atoms with van der Waals surface area (Å²) < 4.78 is 23.3. The molecule has 1 atom stereocenters. The van der Waals surface area contributed by atoms with E-state index in [1.165, 1.54) is 23.9 Å². The Morgan fingerprint density at radius 1 is 1.35 bits per heavy atom. The Balaban J connectivity index is 2.41. The first-order chi connectivity index (χ1) is 10.6. The van der Waals surface area contributed by atoms with Crippen molar-refractivity contribution in [2.45, 2.75) is 30.7 Å². The van der Waals surface area contributed by atoms with Crippen LogP contribution in [0.5, 0.6) is 0 Å². The smallest absolute Gasteiger partial charge is 0.330 e. The number of primary sulfonamides is 1. The maximum atomic E-state index is 12.4. The molecule has 9 heteroatoms. The highest BCUT2D eigenvalue weighted by molar-refractivity contribution is 7.99. The zero-order valence-electron chi connectivity index (χ0n) is 12.8. The van der Waals surface area contributed by atoms with Gasteiger partial charge in [0, 0.05) is 11.3 Å². The van der Waals surface area contributed by atoms with Crippen LogP contribution in [0.4, 0.5) is 0 Å². The second-order valence-corrected chi connectivity index (χ2v) is 8.24. The SMILES string of the molecule is Cc1cc(C(=O)NC2(C(=O)O)CCSC2)cc(S(N)(=O)=O)c1C. The second kappa shape index (κ2) is 6.14. The molecule has 0 bridgehead atoms. The molecular weight excluding hydrogens is 340 g/mol. The van der Waals surface area contributed by atoms with Crippen LogP contribution in [-0.4, -0.2) is 42.4 Å². The van der Waals surface area contributed by atoms with Crippen molar-refractivity contribution >= 4 is 33.7 Å². The van der Waals surface area contributed by atoms with Gasteiger partial charge in [-0.25, -0.2) is 18.4 Å². The van der Waals surface area contributed by atoms with Crippen molar-refractivity contribution in [2.24, 2.45) is 5.14 Å². The van der Waals surface area contributed by atoms with E-state index >= 15 is 0 Å². The molecule has 0 aromatic heterocycles. The summed E-state index contributed by atoms with van der Waals surface area (Å²) in [6, 6.07) is 2.71. The summed E-state index contributed by atoms with van der Waals surface area (Å²) in [6.07, 6.45) is 0.325. The maximum Gasteiger partial charge on any atom is 0.330 e. The summed E-state index contributed by atoms with van der Waals surface area (Å²) in [5.74, 6) is -0.794. The molecule has 0 radical (unpaired) electrons. The third kappa shape index (κ3) is 3.51. The van der Waals surface area contributed by atoms with Crippen LogP contribution in [0.25, 0.3) is 0 Å². The van der Waals surface area contributed by atoms with Crippen molar-refractivity contribution in [3.8, 4) is 0 Å². The van der Waals surface area contributed by atoms with Crippen molar-refractivity contribution in [1.82, 2.24) is 5.32 Å². The number of thioether (sulfide) groups is 1. The van der Waals surface area contributed by atoms with Crippen LogP contribution in [0, 0.1) is 13.8 Å². The van der Waals surface area contributed by atoms with Gasteiger partial charge in [0.1, 0.15) is 5.54 Å². The van der Waals surface area contributed by atoms with Gasteiger partial charge in [-0.05, 0) is 49.3 Å². The van der Waals surface area contributed by atoms with E-state index in [1.807, 2.05) is 0 Å². The summed E-state index contributed by atoms with van der Waals surface area (Å²) >= 11 is 1.45. The van der Waals surface area contributed by atoms with Gasteiger partial charge in [-0.15, -0.1) is 0 Å². The second-order valence-electron chi connectivity index (χ2n) is 5.61. The van der Waals surface area contributed by atoms with Gasteiger partial charge in [0.05, 0.1) is 4.90 Å². The van der Waals surface area contributed by atoms with Crippen molar-refractivity contribution in [3.63, 3.8) is 0 Å². The fourth-order valence-corrected chi connectivity index (χ4v) is 4.63. The minimum absolute atomic E-state index is 0.0784. The van der Waals surface area contributed by atoms with Crippen molar-refractivity contribution in [1.29, 1.82) is 0 Å². The Morgan fingerprint density at radius 2 is 2.00 bits per heavy atom. The zero-order chi connectivity index (χ0) is 17.4. The molecule has 4 N–H and O–H groups in total.